The Hall–Kier alpha value is -5.28. The molecule has 0 radical (unpaired) electrons. The first kappa shape index (κ1) is 25.4. The van der Waals surface area contributed by atoms with Crippen molar-refractivity contribution in [3.8, 4) is 11.1 Å². The summed E-state index contributed by atoms with van der Waals surface area (Å²) >= 11 is 0. The van der Waals surface area contributed by atoms with Gasteiger partial charge in [-0.3, -0.25) is 0 Å². The minimum atomic E-state index is -0.719. The molecular weight excluding hydrogens is 522 g/mol. The molecule has 206 valence electrons. The largest absolute Gasteiger partial charge is 0.324 e. The first-order valence-electron chi connectivity index (χ1n) is 15.0. The summed E-state index contributed by atoms with van der Waals surface area (Å²) in [7, 11) is 0. The molecule has 0 bridgehead atoms. The van der Waals surface area contributed by atoms with Crippen LogP contribution in [0.1, 0.15) is 35.6 Å². The lowest BCUT2D eigenvalue weighted by molar-refractivity contribution is 0.550. The maximum absolute atomic E-state index is 5.32. The van der Waals surface area contributed by atoms with Crippen LogP contribution in [0.4, 0.5) is 0 Å². The minimum Gasteiger partial charge on any atom is -0.324 e. The van der Waals surface area contributed by atoms with Crippen molar-refractivity contribution in [2.75, 3.05) is 0 Å². The molecule has 2 aliphatic rings. The van der Waals surface area contributed by atoms with Crippen LogP contribution >= 0.6 is 0 Å². The molecule has 0 saturated carbocycles. The summed E-state index contributed by atoms with van der Waals surface area (Å²) in [5, 5.41) is 8.54. The molecule has 1 aliphatic carbocycles. The molecule has 6 aromatic carbocycles. The Kier molecular flexibility index (Phi) is 6.04. The minimum absolute atomic E-state index is 0.719. The second-order valence-electron chi connectivity index (χ2n) is 11.6. The standard InChI is InChI=1S/C40H31N3/c1-40(35-24-23-28-10-3-5-13-33(28)26-35)42-38(41-39(43-40)34-22-17-27-9-2-4-12-32(27)25-34)31-20-18-30(19-21-31)37-16-8-14-29-11-6-7-15-36(29)37/h2-22,25-26H,23-24H2,1H3,(H,41,42,43). The Labute approximate surface area is 252 Å². The summed E-state index contributed by atoms with van der Waals surface area (Å²) < 4.78 is 0. The van der Waals surface area contributed by atoms with Crippen LogP contribution < -0.4 is 5.32 Å². The second kappa shape index (κ2) is 10.2. The molecule has 1 unspecified atom stereocenters. The van der Waals surface area contributed by atoms with E-state index in [4.69, 9.17) is 9.98 Å². The van der Waals surface area contributed by atoms with Crippen LogP contribution in [0.2, 0.25) is 0 Å². The molecule has 1 N–H and O–H groups in total. The van der Waals surface area contributed by atoms with Crippen LogP contribution in [0, 0.1) is 0 Å². The summed E-state index contributed by atoms with van der Waals surface area (Å²) in [6.07, 6.45) is 4.23. The van der Waals surface area contributed by atoms with Gasteiger partial charge in [0.2, 0.25) is 0 Å². The molecule has 3 heteroatoms. The van der Waals surface area contributed by atoms with Gasteiger partial charge in [0.05, 0.1) is 0 Å². The van der Waals surface area contributed by atoms with Crippen molar-refractivity contribution < 1.29 is 0 Å². The van der Waals surface area contributed by atoms with Gasteiger partial charge < -0.3 is 5.32 Å². The highest BCUT2D eigenvalue weighted by atomic mass is 15.2. The summed E-state index contributed by atoms with van der Waals surface area (Å²) in [6, 6.07) is 47.5. The van der Waals surface area contributed by atoms with E-state index >= 15 is 0 Å². The first-order valence-corrected chi connectivity index (χ1v) is 15.0. The van der Waals surface area contributed by atoms with Crippen molar-refractivity contribution in [1.82, 2.24) is 5.32 Å². The van der Waals surface area contributed by atoms with Crippen molar-refractivity contribution in [3.63, 3.8) is 0 Å². The van der Waals surface area contributed by atoms with Gasteiger partial charge >= 0.3 is 0 Å². The molecule has 0 amide bonds. The van der Waals surface area contributed by atoms with Gasteiger partial charge in [-0.1, -0.05) is 133 Å². The summed E-state index contributed by atoms with van der Waals surface area (Å²) in [4.78, 5) is 10.6. The average Bonchev–Trinajstić information content (AvgIpc) is 3.07. The molecule has 1 atom stereocenters. The van der Waals surface area contributed by atoms with Crippen molar-refractivity contribution >= 4 is 39.3 Å². The molecule has 0 aromatic heterocycles. The molecule has 3 nitrogen and oxygen atoms in total. The topological polar surface area (TPSA) is 36.8 Å². The van der Waals surface area contributed by atoms with E-state index in [1.807, 2.05) is 0 Å². The number of hydrogen-bond acceptors (Lipinski definition) is 3. The zero-order valence-corrected chi connectivity index (χ0v) is 24.1. The van der Waals surface area contributed by atoms with Crippen LogP contribution in [0.5, 0.6) is 0 Å². The number of nitrogens with one attached hydrogen (secondary N) is 1. The highest BCUT2D eigenvalue weighted by molar-refractivity contribution is 6.17. The number of rotatable bonds is 4. The lowest BCUT2D eigenvalue weighted by Gasteiger charge is -2.33. The van der Waals surface area contributed by atoms with Crippen LogP contribution in [0.3, 0.4) is 0 Å². The van der Waals surface area contributed by atoms with Gasteiger partial charge in [-0.25, -0.2) is 9.98 Å². The molecular formula is C40H31N3. The van der Waals surface area contributed by atoms with Crippen LogP contribution in [0.25, 0.3) is 38.7 Å². The fraction of sp³-hybridized carbons (Fsp3) is 0.100. The summed E-state index contributed by atoms with van der Waals surface area (Å²) in [5.74, 6) is 1.68. The smallest absolute Gasteiger partial charge is 0.173 e. The Morgan fingerprint density at radius 2 is 1.21 bits per heavy atom. The lowest BCUT2D eigenvalue weighted by atomic mass is 9.86. The number of amidine groups is 2. The normalized spacial score (nSPS) is 17.9. The van der Waals surface area contributed by atoms with Gasteiger partial charge in [0.1, 0.15) is 11.7 Å². The number of nitrogens with zero attached hydrogens (tertiary/aromatic N) is 2. The van der Waals surface area contributed by atoms with Gasteiger partial charge in [-0.15, -0.1) is 0 Å². The van der Waals surface area contributed by atoms with Gasteiger partial charge in [0.15, 0.2) is 5.66 Å². The Balaban J connectivity index is 1.22. The highest BCUT2D eigenvalue weighted by Gasteiger charge is 2.34. The van der Waals surface area contributed by atoms with Gasteiger partial charge in [-0.05, 0) is 75.2 Å². The third-order valence-electron chi connectivity index (χ3n) is 8.83. The zero-order chi connectivity index (χ0) is 28.8. The molecule has 1 heterocycles. The number of benzene rings is 6. The summed E-state index contributed by atoms with van der Waals surface area (Å²) in [5.41, 5.74) is 7.69. The molecule has 8 rings (SSSR count). The Bertz CT molecular complexity index is 2110. The van der Waals surface area contributed by atoms with Crippen molar-refractivity contribution in [3.05, 3.63) is 161 Å². The van der Waals surface area contributed by atoms with Crippen LogP contribution in [-0.2, 0) is 6.42 Å². The van der Waals surface area contributed by atoms with E-state index < -0.39 is 5.66 Å². The Morgan fingerprint density at radius 1 is 0.558 bits per heavy atom. The predicted molar refractivity (Wildman–Crippen MR) is 181 cm³/mol. The number of aryl methyl sites for hydroxylation is 1. The highest BCUT2D eigenvalue weighted by Crippen LogP contribution is 2.36. The molecule has 6 aromatic rings. The number of hydrogen-bond donors (Lipinski definition) is 1. The lowest BCUT2D eigenvalue weighted by Crippen LogP contribution is -2.42. The van der Waals surface area contributed by atoms with Crippen molar-refractivity contribution in [1.29, 1.82) is 0 Å². The quantitative estimate of drug-likeness (QED) is 0.232. The van der Waals surface area contributed by atoms with Crippen molar-refractivity contribution in [2.45, 2.75) is 25.4 Å². The fourth-order valence-corrected chi connectivity index (χ4v) is 6.47. The maximum Gasteiger partial charge on any atom is 0.173 e. The Morgan fingerprint density at radius 3 is 2.07 bits per heavy atom. The molecule has 0 spiro atoms. The number of fused-ring (bicyclic) bond motifs is 3. The SMILES string of the molecule is CC1(C2=Cc3ccccc3CC2)N=C(c2ccc(-c3cccc4ccccc34)cc2)NC(c2ccc3ccccc3c2)=N1. The van der Waals surface area contributed by atoms with Gasteiger partial charge in [-0.2, -0.15) is 0 Å². The van der Waals surface area contributed by atoms with E-state index in [9.17, 15) is 0 Å². The van der Waals surface area contributed by atoms with Gasteiger partial charge in [0, 0.05) is 11.1 Å². The van der Waals surface area contributed by atoms with E-state index in [1.165, 1.54) is 49.4 Å². The molecule has 1 aliphatic heterocycles. The van der Waals surface area contributed by atoms with Crippen molar-refractivity contribution in [2.24, 2.45) is 9.98 Å². The number of aliphatic imine (C=N–C) groups is 2. The third-order valence-corrected chi connectivity index (χ3v) is 8.83. The van der Waals surface area contributed by atoms with Crippen LogP contribution in [-0.4, -0.2) is 17.3 Å². The predicted octanol–water partition coefficient (Wildman–Crippen LogP) is 9.20. The van der Waals surface area contributed by atoms with E-state index in [0.717, 1.165) is 35.6 Å². The molecule has 0 saturated heterocycles. The monoisotopic (exact) mass is 553 g/mol. The average molecular weight is 554 g/mol. The zero-order valence-electron chi connectivity index (χ0n) is 24.1. The first-order chi connectivity index (χ1) is 21.1. The van der Waals surface area contributed by atoms with E-state index in [2.05, 4.69) is 152 Å². The molecule has 43 heavy (non-hydrogen) atoms. The van der Waals surface area contributed by atoms with E-state index in [0.29, 0.717) is 0 Å². The van der Waals surface area contributed by atoms with E-state index in [1.54, 1.807) is 0 Å². The molecule has 0 fully saturated rings. The second-order valence-corrected chi connectivity index (χ2v) is 11.6. The van der Waals surface area contributed by atoms with Crippen LogP contribution in [0.15, 0.2) is 149 Å². The summed E-state index contributed by atoms with van der Waals surface area (Å²) in [6.45, 7) is 2.15. The fourth-order valence-electron chi connectivity index (χ4n) is 6.47. The van der Waals surface area contributed by atoms with E-state index in [-0.39, 0.29) is 0 Å². The third kappa shape index (κ3) is 4.64. The maximum atomic E-state index is 5.32. The van der Waals surface area contributed by atoms with Gasteiger partial charge in [0.25, 0.3) is 0 Å².